The van der Waals surface area contributed by atoms with Gasteiger partial charge in [-0.3, -0.25) is 4.79 Å². The van der Waals surface area contributed by atoms with E-state index in [0.29, 0.717) is 0 Å². The van der Waals surface area contributed by atoms with Crippen molar-refractivity contribution in [3.05, 3.63) is 0 Å². The van der Waals surface area contributed by atoms with E-state index in [1.807, 2.05) is 0 Å². The first-order valence-corrected chi connectivity index (χ1v) is 7.46. The molecule has 1 atom stereocenters. The summed E-state index contributed by atoms with van der Waals surface area (Å²) in [4.78, 5) is 11.5. The van der Waals surface area contributed by atoms with Gasteiger partial charge in [0.25, 0.3) is 0 Å². The van der Waals surface area contributed by atoms with Crippen molar-refractivity contribution < 1.29 is 13.2 Å². The van der Waals surface area contributed by atoms with Gasteiger partial charge >= 0.3 is 0 Å². The second kappa shape index (κ2) is 5.63. The van der Waals surface area contributed by atoms with Crippen molar-refractivity contribution in [3.8, 4) is 0 Å². The van der Waals surface area contributed by atoms with Crippen LogP contribution in [0.5, 0.6) is 0 Å². The van der Waals surface area contributed by atoms with Gasteiger partial charge in [-0.05, 0) is 19.8 Å². The molecule has 1 unspecified atom stereocenters. The lowest BCUT2D eigenvalue weighted by Gasteiger charge is -2.12. The summed E-state index contributed by atoms with van der Waals surface area (Å²) in [7, 11) is -3.36. The maximum absolute atomic E-state index is 11.5. The van der Waals surface area contributed by atoms with Crippen LogP contribution in [0.25, 0.3) is 0 Å². The predicted molar refractivity (Wildman–Crippen MR) is 62.7 cm³/mol. The molecule has 1 aliphatic carbocycles. The van der Waals surface area contributed by atoms with Crippen LogP contribution in [-0.4, -0.2) is 37.9 Å². The number of hydrogen-bond donors (Lipinski definition) is 2. The fourth-order valence-electron chi connectivity index (χ4n) is 2.00. The molecular formula is C10H20N2O3S. The van der Waals surface area contributed by atoms with Crippen LogP contribution in [-0.2, 0) is 14.6 Å². The molecule has 0 bridgehead atoms. The minimum absolute atomic E-state index is 0.134. The van der Waals surface area contributed by atoms with E-state index in [9.17, 15) is 13.2 Å². The minimum Gasteiger partial charge on any atom is -0.352 e. The highest BCUT2D eigenvalue weighted by molar-refractivity contribution is 7.92. The van der Waals surface area contributed by atoms with E-state index in [4.69, 9.17) is 5.73 Å². The number of carbonyl (C=O) groups excluding carboxylic acids is 1. The fraction of sp³-hybridized carbons (Fsp3) is 0.900. The predicted octanol–water partition coefficient (Wildman–Crippen LogP) is -0.193. The van der Waals surface area contributed by atoms with Gasteiger partial charge in [0.15, 0.2) is 9.84 Å². The molecule has 0 aliphatic heterocycles. The average Bonchev–Trinajstić information content (AvgIpc) is 2.51. The first-order chi connectivity index (χ1) is 7.39. The van der Waals surface area contributed by atoms with Gasteiger partial charge < -0.3 is 11.1 Å². The molecule has 0 aromatic rings. The summed E-state index contributed by atoms with van der Waals surface area (Å²) in [5.74, 6) is -0.969. The Kier molecular flexibility index (Phi) is 4.73. The standard InChI is InChI=1S/C10H20N2O3S/c1-8(11)6-16(14,15)7-10(13)12-9-4-2-3-5-9/h8-9H,2-7,11H2,1H3,(H,12,13). The zero-order chi connectivity index (χ0) is 12.2. The van der Waals surface area contributed by atoms with E-state index < -0.39 is 27.5 Å². The third-order valence-corrected chi connectivity index (χ3v) is 4.32. The van der Waals surface area contributed by atoms with Crippen molar-refractivity contribution in [1.82, 2.24) is 5.32 Å². The maximum Gasteiger partial charge on any atom is 0.235 e. The number of amides is 1. The quantitative estimate of drug-likeness (QED) is 0.705. The van der Waals surface area contributed by atoms with Crippen LogP contribution in [0.15, 0.2) is 0 Å². The lowest BCUT2D eigenvalue weighted by molar-refractivity contribution is -0.119. The van der Waals surface area contributed by atoms with E-state index in [0.717, 1.165) is 25.7 Å². The largest absolute Gasteiger partial charge is 0.352 e. The van der Waals surface area contributed by atoms with Crippen LogP contribution in [0.4, 0.5) is 0 Å². The summed E-state index contributed by atoms with van der Waals surface area (Å²) >= 11 is 0. The third-order valence-electron chi connectivity index (χ3n) is 2.59. The number of rotatable bonds is 5. The second-order valence-corrected chi connectivity index (χ2v) is 6.69. The van der Waals surface area contributed by atoms with Crippen molar-refractivity contribution in [1.29, 1.82) is 0 Å². The fourth-order valence-corrected chi connectivity index (χ4v) is 3.40. The molecule has 1 aliphatic rings. The molecule has 16 heavy (non-hydrogen) atoms. The molecule has 0 aromatic heterocycles. The molecular weight excluding hydrogens is 228 g/mol. The SMILES string of the molecule is CC(N)CS(=O)(=O)CC(=O)NC1CCCC1. The Balaban J connectivity index is 2.38. The Labute approximate surface area is 96.7 Å². The van der Waals surface area contributed by atoms with E-state index in [1.54, 1.807) is 6.92 Å². The summed E-state index contributed by atoms with van der Waals surface area (Å²) < 4.78 is 23.0. The van der Waals surface area contributed by atoms with Crippen molar-refractivity contribution in [3.63, 3.8) is 0 Å². The molecule has 0 aromatic carbocycles. The molecule has 3 N–H and O–H groups in total. The Morgan fingerprint density at radius 3 is 2.50 bits per heavy atom. The molecule has 1 rings (SSSR count). The Morgan fingerprint density at radius 1 is 1.44 bits per heavy atom. The Morgan fingerprint density at radius 2 is 2.00 bits per heavy atom. The number of nitrogens with one attached hydrogen (secondary N) is 1. The Bertz CT molecular complexity index is 332. The van der Waals surface area contributed by atoms with Crippen molar-refractivity contribution >= 4 is 15.7 Å². The van der Waals surface area contributed by atoms with Gasteiger partial charge in [-0.25, -0.2) is 8.42 Å². The van der Waals surface area contributed by atoms with E-state index in [1.165, 1.54) is 0 Å². The molecule has 0 heterocycles. The first-order valence-electron chi connectivity index (χ1n) is 5.64. The lowest BCUT2D eigenvalue weighted by atomic mass is 10.2. The molecule has 1 saturated carbocycles. The van der Waals surface area contributed by atoms with Gasteiger partial charge in [-0.2, -0.15) is 0 Å². The average molecular weight is 248 g/mol. The molecule has 1 fully saturated rings. The van der Waals surface area contributed by atoms with Crippen LogP contribution >= 0.6 is 0 Å². The molecule has 94 valence electrons. The topological polar surface area (TPSA) is 89.3 Å². The summed E-state index contributed by atoms with van der Waals surface area (Å²) in [5.41, 5.74) is 5.41. The van der Waals surface area contributed by atoms with Crippen molar-refractivity contribution in [2.45, 2.75) is 44.7 Å². The van der Waals surface area contributed by atoms with Crippen molar-refractivity contribution in [2.24, 2.45) is 5.73 Å². The first kappa shape index (κ1) is 13.4. The number of hydrogen-bond acceptors (Lipinski definition) is 4. The minimum atomic E-state index is -3.36. The highest BCUT2D eigenvalue weighted by atomic mass is 32.2. The van der Waals surface area contributed by atoms with Gasteiger partial charge in [-0.15, -0.1) is 0 Å². The van der Waals surface area contributed by atoms with Crippen LogP contribution < -0.4 is 11.1 Å². The normalized spacial score (nSPS) is 19.6. The van der Waals surface area contributed by atoms with E-state index in [2.05, 4.69) is 5.32 Å². The van der Waals surface area contributed by atoms with Crippen LogP contribution in [0.1, 0.15) is 32.6 Å². The van der Waals surface area contributed by atoms with Crippen LogP contribution in [0.2, 0.25) is 0 Å². The van der Waals surface area contributed by atoms with E-state index in [-0.39, 0.29) is 11.8 Å². The highest BCUT2D eigenvalue weighted by Gasteiger charge is 2.22. The molecule has 5 nitrogen and oxygen atoms in total. The second-order valence-electron chi connectivity index (χ2n) is 4.58. The smallest absolute Gasteiger partial charge is 0.235 e. The van der Waals surface area contributed by atoms with Crippen molar-refractivity contribution in [2.75, 3.05) is 11.5 Å². The highest BCUT2D eigenvalue weighted by Crippen LogP contribution is 2.17. The van der Waals surface area contributed by atoms with Gasteiger partial charge in [0.1, 0.15) is 5.75 Å². The van der Waals surface area contributed by atoms with Crippen LogP contribution in [0.3, 0.4) is 0 Å². The van der Waals surface area contributed by atoms with Gasteiger partial charge in [-0.1, -0.05) is 12.8 Å². The lowest BCUT2D eigenvalue weighted by Crippen LogP contribution is -2.39. The number of sulfone groups is 1. The van der Waals surface area contributed by atoms with E-state index >= 15 is 0 Å². The number of nitrogens with two attached hydrogens (primary N) is 1. The molecule has 6 heteroatoms. The Hall–Kier alpha value is -0.620. The monoisotopic (exact) mass is 248 g/mol. The van der Waals surface area contributed by atoms with Gasteiger partial charge in [0.05, 0.1) is 5.75 Å². The summed E-state index contributed by atoms with van der Waals surface area (Å²) in [5, 5.41) is 2.75. The van der Waals surface area contributed by atoms with Gasteiger partial charge in [0.2, 0.25) is 5.91 Å². The molecule has 0 saturated heterocycles. The third kappa shape index (κ3) is 4.94. The summed E-state index contributed by atoms with van der Waals surface area (Å²) in [6, 6.07) is -0.262. The van der Waals surface area contributed by atoms with Crippen LogP contribution in [0, 0.1) is 0 Å². The van der Waals surface area contributed by atoms with Gasteiger partial charge in [0, 0.05) is 12.1 Å². The molecule has 1 amide bonds. The summed E-state index contributed by atoms with van der Waals surface area (Å²) in [6.45, 7) is 1.62. The number of carbonyl (C=O) groups is 1. The zero-order valence-electron chi connectivity index (χ0n) is 9.61. The maximum atomic E-state index is 11.5. The summed E-state index contributed by atoms with van der Waals surface area (Å²) in [6.07, 6.45) is 4.13. The molecule has 0 radical (unpaired) electrons. The molecule has 0 spiro atoms. The zero-order valence-corrected chi connectivity index (χ0v) is 10.4.